The van der Waals surface area contributed by atoms with Crippen LogP contribution in [0, 0.1) is 0 Å². The van der Waals surface area contributed by atoms with Crippen LogP contribution in [0.15, 0.2) is 24.3 Å². The van der Waals surface area contributed by atoms with Gasteiger partial charge in [0.1, 0.15) is 0 Å². The molecule has 11 heteroatoms. The van der Waals surface area contributed by atoms with Gasteiger partial charge in [-0.05, 0) is 11.1 Å². The monoisotopic (exact) mass is 351 g/mol. The van der Waals surface area contributed by atoms with E-state index in [1.165, 1.54) is 24.3 Å². The molecule has 2 N–H and O–H groups in total. The lowest BCUT2D eigenvalue weighted by Gasteiger charge is -2.12. The number of benzene rings is 1. The van der Waals surface area contributed by atoms with E-state index in [1.54, 1.807) is 5.32 Å². The van der Waals surface area contributed by atoms with Crippen LogP contribution in [0.4, 0.5) is 13.2 Å². The van der Waals surface area contributed by atoms with Crippen LogP contribution in [0.25, 0.3) is 0 Å². The summed E-state index contributed by atoms with van der Waals surface area (Å²) in [4.78, 5) is 21.8. The van der Waals surface area contributed by atoms with Gasteiger partial charge < -0.3 is 5.32 Å². The zero-order chi connectivity index (χ0) is 17.3. The van der Waals surface area contributed by atoms with Gasteiger partial charge >= 0.3 is 22.3 Å². The SMILES string of the molecule is O=C1CN(Cc2ccc(CNC(=O)C(F)(F)F)cc2)S(=O)(=O)N1. The molecule has 0 saturated carbocycles. The van der Waals surface area contributed by atoms with Crippen LogP contribution in [-0.4, -0.2) is 37.3 Å². The van der Waals surface area contributed by atoms with E-state index < -0.39 is 28.2 Å². The highest BCUT2D eigenvalue weighted by molar-refractivity contribution is 7.88. The van der Waals surface area contributed by atoms with Gasteiger partial charge in [-0.3, -0.25) is 9.59 Å². The molecule has 126 valence electrons. The summed E-state index contributed by atoms with van der Waals surface area (Å²) in [6.45, 7) is -0.636. The van der Waals surface area contributed by atoms with Gasteiger partial charge in [-0.15, -0.1) is 0 Å². The topological polar surface area (TPSA) is 95.6 Å². The van der Waals surface area contributed by atoms with Crippen LogP contribution in [-0.2, 0) is 32.9 Å². The van der Waals surface area contributed by atoms with Crippen molar-refractivity contribution in [2.75, 3.05) is 6.54 Å². The molecule has 1 fully saturated rings. The average molecular weight is 351 g/mol. The number of hydrogen-bond donors (Lipinski definition) is 2. The second kappa shape index (κ2) is 6.16. The van der Waals surface area contributed by atoms with Crippen molar-refractivity contribution in [2.24, 2.45) is 0 Å². The second-order valence-corrected chi connectivity index (χ2v) is 6.47. The van der Waals surface area contributed by atoms with Crippen LogP contribution in [0.1, 0.15) is 11.1 Å². The Labute approximate surface area is 129 Å². The molecule has 0 unspecified atom stereocenters. The van der Waals surface area contributed by atoms with E-state index in [4.69, 9.17) is 0 Å². The zero-order valence-electron chi connectivity index (χ0n) is 11.6. The molecular formula is C12H12F3N3O4S. The quantitative estimate of drug-likeness (QED) is 0.801. The summed E-state index contributed by atoms with van der Waals surface area (Å²) in [5.74, 6) is -2.66. The van der Waals surface area contributed by atoms with Gasteiger partial charge in [0.15, 0.2) is 0 Å². The smallest absolute Gasteiger partial charge is 0.344 e. The van der Waals surface area contributed by atoms with Gasteiger partial charge in [0.05, 0.1) is 6.54 Å². The van der Waals surface area contributed by atoms with Crippen molar-refractivity contribution in [3.63, 3.8) is 0 Å². The lowest BCUT2D eigenvalue weighted by molar-refractivity contribution is -0.173. The molecule has 0 bridgehead atoms. The minimum atomic E-state index is -4.94. The average Bonchev–Trinajstić information content (AvgIpc) is 2.69. The first-order valence-corrected chi connectivity index (χ1v) is 7.75. The van der Waals surface area contributed by atoms with Crippen molar-refractivity contribution in [1.82, 2.24) is 14.3 Å². The molecule has 1 aliphatic heterocycles. The first-order valence-electron chi connectivity index (χ1n) is 6.31. The van der Waals surface area contributed by atoms with Gasteiger partial charge in [-0.1, -0.05) is 24.3 Å². The highest BCUT2D eigenvalue weighted by atomic mass is 32.2. The van der Waals surface area contributed by atoms with Crippen molar-refractivity contribution in [3.05, 3.63) is 35.4 Å². The number of hydrogen-bond acceptors (Lipinski definition) is 4. The number of carbonyl (C=O) groups excluding carboxylic acids is 2. The normalized spacial score (nSPS) is 17.8. The first kappa shape index (κ1) is 17.2. The molecule has 2 amide bonds. The second-order valence-electron chi connectivity index (χ2n) is 4.80. The fourth-order valence-corrected chi connectivity index (χ4v) is 2.96. The van der Waals surface area contributed by atoms with Crippen molar-refractivity contribution >= 4 is 22.0 Å². The Bertz CT molecular complexity index is 716. The maximum atomic E-state index is 12.0. The lowest BCUT2D eigenvalue weighted by atomic mass is 10.1. The Morgan fingerprint density at radius 1 is 1.22 bits per heavy atom. The number of amides is 2. The Kier molecular flexibility index (Phi) is 4.61. The molecule has 1 aromatic rings. The summed E-state index contributed by atoms with van der Waals surface area (Å²) in [6, 6.07) is 5.94. The van der Waals surface area contributed by atoms with Crippen LogP contribution in [0.5, 0.6) is 0 Å². The van der Waals surface area contributed by atoms with E-state index in [1.807, 2.05) is 4.72 Å². The Morgan fingerprint density at radius 2 is 1.78 bits per heavy atom. The van der Waals surface area contributed by atoms with Crippen molar-refractivity contribution in [2.45, 2.75) is 19.3 Å². The Hall–Kier alpha value is -2.14. The molecule has 0 spiro atoms. The zero-order valence-corrected chi connectivity index (χ0v) is 12.4. The largest absolute Gasteiger partial charge is 0.471 e. The summed E-state index contributed by atoms with van der Waals surface area (Å²) in [7, 11) is -3.83. The highest BCUT2D eigenvalue weighted by Gasteiger charge is 2.38. The molecule has 0 aliphatic carbocycles. The van der Waals surface area contributed by atoms with Gasteiger partial charge in [0, 0.05) is 13.1 Å². The number of nitrogens with one attached hydrogen (secondary N) is 2. The maximum Gasteiger partial charge on any atom is 0.471 e. The summed E-state index contributed by atoms with van der Waals surface area (Å²) in [5.41, 5.74) is 0.973. The van der Waals surface area contributed by atoms with E-state index in [2.05, 4.69) is 0 Å². The molecule has 0 radical (unpaired) electrons. The molecule has 1 heterocycles. The minimum absolute atomic E-state index is 0.0454. The predicted molar refractivity (Wildman–Crippen MR) is 71.8 cm³/mol. The lowest BCUT2D eigenvalue weighted by Crippen LogP contribution is -2.36. The standard InChI is InChI=1S/C12H12F3N3O4S/c13-12(14,15)11(20)16-5-8-1-3-9(4-2-8)6-18-7-10(19)17-23(18,21)22/h1-4H,5-7H2,(H,16,20)(H,17,19). The van der Waals surface area contributed by atoms with Gasteiger partial charge in [-0.2, -0.15) is 25.9 Å². The van der Waals surface area contributed by atoms with Crippen molar-refractivity contribution < 1.29 is 31.2 Å². The summed E-state index contributed by atoms with van der Waals surface area (Å²) < 4.78 is 62.0. The summed E-state index contributed by atoms with van der Waals surface area (Å²) >= 11 is 0. The fourth-order valence-electron chi connectivity index (χ4n) is 1.88. The Morgan fingerprint density at radius 3 is 2.26 bits per heavy atom. The van der Waals surface area contributed by atoms with E-state index in [0.717, 1.165) is 4.31 Å². The highest BCUT2D eigenvalue weighted by Crippen LogP contribution is 2.15. The molecule has 1 saturated heterocycles. The van der Waals surface area contributed by atoms with E-state index >= 15 is 0 Å². The van der Waals surface area contributed by atoms with Crippen molar-refractivity contribution in [1.29, 1.82) is 0 Å². The van der Waals surface area contributed by atoms with Gasteiger partial charge in [0.2, 0.25) is 5.91 Å². The first-order chi connectivity index (χ1) is 10.6. The molecule has 1 aliphatic rings. The molecule has 0 atom stereocenters. The molecule has 0 aromatic heterocycles. The van der Waals surface area contributed by atoms with E-state index in [9.17, 15) is 31.2 Å². The van der Waals surface area contributed by atoms with Gasteiger partial charge in [0.25, 0.3) is 0 Å². The number of rotatable bonds is 4. The molecule has 2 rings (SSSR count). The number of alkyl halides is 3. The third kappa shape index (κ3) is 4.42. The van der Waals surface area contributed by atoms with E-state index in [-0.39, 0.29) is 19.6 Å². The van der Waals surface area contributed by atoms with Crippen LogP contribution >= 0.6 is 0 Å². The molecule has 1 aromatic carbocycles. The summed E-state index contributed by atoms with van der Waals surface area (Å²) in [6.07, 6.45) is -4.94. The van der Waals surface area contributed by atoms with E-state index in [0.29, 0.717) is 11.1 Å². The third-order valence-electron chi connectivity index (χ3n) is 3.00. The third-order valence-corrected chi connectivity index (χ3v) is 4.42. The van der Waals surface area contributed by atoms with Crippen LogP contribution in [0.2, 0.25) is 0 Å². The summed E-state index contributed by atoms with van der Waals surface area (Å²) in [5, 5.41) is 1.73. The molecular weight excluding hydrogens is 339 g/mol. The maximum absolute atomic E-state index is 12.0. The van der Waals surface area contributed by atoms with Crippen LogP contribution in [0.3, 0.4) is 0 Å². The minimum Gasteiger partial charge on any atom is -0.344 e. The van der Waals surface area contributed by atoms with Crippen molar-refractivity contribution in [3.8, 4) is 0 Å². The molecule has 7 nitrogen and oxygen atoms in total. The number of carbonyl (C=O) groups is 2. The fraction of sp³-hybridized carbons (Fsp3) is 0.333. The Balaban J connectivity index is 1.95. The van der Waals surface area contributed by atoms with Gasteiger partial charge in [-0.25, -0.2) is 4.72 Å². The van der Waals surface area contributed by atoms with Crippen LogP contribution < -0.4 is 10.0 Å². The number of nitrogens with zero attached hydrogens (tertiary/aromatic N) is 1. The number of halogens is 3. The molecule has 23 heavy (non-hydrogen) atoms. The predicted octanol–water partition coefficient (Wildman–Crippen LogP) is 0.0417.